The first kappa shape index (κ1) is 20.6. The van der Waals surface area contributed by atoms with Crippen LogP contribution in [0.2, 0.25) is 0 Å². The summed E-state index contributed by atoms with van der Waals surface area (Å²) >= 11 is 0. The van der Waals surface area contributed by atoms with Gasteiger partial charge in [0, 0.05) is 23.7 Å². The Kier molecular flexibility index (Phi) is 5.34. The third-order valence-corrected chi connectivity index (χ3v) is 5.86. The van der Waals surface area contributed by atoms with E-state index in [0.29, 0.717) is 29.8 Å². The molecule has 0 bridgehead atoms. The second-order valence-corrected chi connectivity index (χ2v) is 8.13. The van der Waals surface area contributed by atoms with Gasteiger partial charge < -0.3 is 10.6 Å². The van der Waals surface area contributed by atoms with Crippen LogP contribution in [0, 0.1) is 0 Å². The number of aryl methyl sites for hydroxylation is 1. The molecule has 0 aliphatic heterocycles. The zero-order valence-electron chi connectivity index (χ0n) is 17.9. The minimum absolute atomic E-state index is 0.473. The van der Waals surface area contributed by atoms with E-state index in [9.17, 15) is 8.78 Å². The molecule has 9 heteroatoms. The average molecular weight is 437 g/mol. The van der Waals surface area contributed by atoms with Crippen LogP contribution in [0.4, 0.5) is 20.4 Å². The van der Waals surface area contributed by atoms with E-state index >= 15 is 0 Å². The second-order valence-electron chi connectivity index (χ2n) is 8.13. The van der Waals surface area contributed by atoms with Crippen LogP contribution >= 0.6 is 0 Å². The first-order valence-electron chi connectivity index (χ1n) is 10.8. The number of rotatable bonds is 8. The van der Waals surface area contributed by atoms with Crippen LogP contribution < -0.4 is 10.6 Å². The number of hydrogen-bond acceptors (Lipinski definition) is 5. The van der Waals surface area contributed by atoms with Gasteiger partial charge >= 0.3 is 0 Å². The first-order valence-corrected chi connectivity index (χ1v) is 10.8. The number of aromatic amines is 1. The lowest BCUT2D eigenvalue weighted by Crippen LogP contribution is -2.26. The van der Waals surface area contributed by atoms with Gasteiger partial charge in [0.05, 0.1) is 17.8 Å². The molecule has 1 unspecified atom stereocenters. The number of benzene rings is 2. The van der Waals surface area contributed by atoms with Gasteiger partial charge in [-0.2, -0.15) is 10.1 Å². The number of aromatic nitrogens is 5. The number of nitrogens with one attached hydrogen (secondary N) is 3. The minimum Gasteiger partial charge on any atom is -0.324 e. The Morgan fingerprint density at radius 3 is 2.62 bits per heavy atom. The molecule has 0 spiro atoms. The monoisotopic (exact) mass is 437 g/mol. The molecular formula is C23H25F2N7. The summed E-state index contributed by atoms with van der Waals surface area (Å²) in [6.07, 6.45) is 1.74. The van der Waals surface area contributed by atoms with Gasteiger partial charge in [0.1, 0.15) is 0 Å². The SMILES string of the molecule is CCNC(c1ccc(-c2nc(Nc3ccc4[nH]ncc4c3C3CC3)n(C)n2)cc1)C(F)F. The molecule has 0 radical (unpaired) electrons. The summed E-state index contributed by atoms with van der Waals surface area (Å²) in [7, 11) is 1.83. The standard InChI is InChI=1S/C23H25F2N7/c1-3-26-20(21(24)25)14-6-8-15(9-7-14)22-29-23(32(2)31-22)28-18-11-10-17-16(12-27-30-17)19(18)13-4-5-13/h6-13,20-21,26H,3-5H2,1-2H3,(H,27,30)(H,28,29,31). The largest absolute Gasteiger partial charge is 0.324 e. The lowest BCUT2D eigenvalue weighted by molar-refractivity contribution is 0.0993. The van der Waals surface area contributed by atoms with Crippen LogP contribution in [0.1, 0.15) is 42.9 Å². The molecular weight excluding hydrogens is 412 g/mol. The number of hydrogen-bond donors (Lipinski definition) is 3. The van der Waals surface area contributed by atoms with Crippen LogP contribution in [0.25, 0.3) is 22.3 Å². The van der Waals surface area contributed by atoms with Crippen LogP contribution in [0.3, 0.4) is 0 Å². The summed E-state index contributed by atoms with van der Waals surface area (Å²) in [5.74, 6) is 1.68. The Morgan fingerprint density at radius 2 is 1.94 bits per heavy atom. The zero-order valence-corrected chi connectivity index (χ0v) is 17.9. The molecule has 166 valence electrons. The van der Waals surface area contributed by atoms with Gasteiger partial charge in [-0.1, -0.05) is 31.2 Å². The molecule has 7 nitrogen and oxygen atoms in total. The molecule has 1 saturated carbocycles. The van der Waals surface area contributed by atoms with E-state index in [0.717, 1.165) is 22.2 Å². The lowest BCUT2D eigenvalue weighted by Gasteiger charge is -2.17. The van der Waals surface area contributed by atoms with E-state index in [4.69, 9.17) is 0 Å². The van der Waals surface area contributed by atoms with Crippen LogP contribution in [-0.2, 0) is 7.05 Å². The van der Waals surface area contributed by atoms with Gasteiger partial charge in [-0.05, 0) is 48.6 Å². The third-order valence-electron chi connectivity index (χ3n) is 5.86. The van der Waals surface area contributed by atoms with Crippen molar-refractivity contribution in [3.63, 3.8) is 0 Å². The number of fused-ring (bicyclic) bond motifs is 1. The predicted octanol–water partition coefficient (Wildman–Crippen LogP) is 4.90. The summed E-state index contributed by atoms with van der Waals surface area (Å²) < 4.78 is 28.3. The Morgan fingerprint density at radius 1 is 1.16 bits per heavy atom. The quantitative estimate of drug-likeness (QED) is 0.365. The Bertz CT molecular complexity index is 1230. The van der Waals surface area contributed by atoms with E-state index in [1.54, 1.807) is 28.9 Å². The van der Waals surface area contributed by atoms with Crippen molar-refractivity contribution in [1.82, 2.24) is 30.3 Å². The molecule has 2 aromatic carbocycles. The summed E-state index contributed by atoms with van der Waals surface area (Å²) in [6.45, 7) is 2.29. The van der Waals surface area contributed by atoms with Crippen molar-refractivity contribution >= 4 is 22.5 Å². The molecule has 32 heavy (non-hydrogen) atoms. The summed E-state index contributed by atoms with van der Waals surface area (Å²) in [4.78, 5) is 4.66. The molecule has 5 rings (SSSR count). The average Bonchev–Trinajstić information content (AvgIpc) is 3.39. The molecule has 2 aromatic heterocycles. The lowest BCUT2D eigenvalue weighted by atomic mass is 10.0. The topological polar surface area (TPSA) is 83.5 Å². The second kappa shape index (κ2) is 8.31. The van der Waals surface area contributed by atoms with E-state index < -0.39 is 12.5 Å². The van der Waals surface area contributed by atoms with Gasteiger partial charge in [0.15, 0.2) is 5.82 Å². The highest BCUT2D eigenvalue weighted by molar-refractivity contribution is 5.89. The van der Waals surface area contributed by atoms with Crippen molar-refractivity contribution in [2.45, 2.75) is 38.2 Å². The van der Waals surface area contributed by atoms with Gasteiger partial charge in [-0.15, -0.1) is 5.10 Å². The number of anilines is 2. The van der Waals surface area contributed by atoms with Crippen molar-refractivity contribution < 1.29 is 8.78 Å². The minimum atomic E-state index is -2.47. The van der Waals surface area contributed by atoms with E-state index in [1.807, 2.05) is 32.3 Å². The molecule has 0 amide bonds. The first-order chi connectivity index (χ1) is 15.5. The smallest absolute Gasteiger partial charge is 0.257 e. The highest BCUT2D eigenvalue weighted by Crippen LogP contribution is 2.47. The van der Waals surface area contributed by atoms with Crippen molar-refractivity contribution in [3.05, 3.63) is 53.7 Å². The number of nitrogens with zero attached hydrogens (tertiary/aromatic N) is 4. The Hall–Kier alpha value is -3.33. The van der Waals surface area contributed by atoms with Gasteiger partial charge in [-0.3, -0.25) is 5.10 Å². The van der Waals surface area contributed by atoms with Crippen LogP contribution in [0.15, 0.2) is 42.6 Å². The highest BCUT2D eigenvalue weighted by atomic mass is 19.3. The Balaban J connectivity index is 1.42. The fraction of sp³-hybridized carbons (Fsp3) is 0.348. The van der Waals surface area contributed by atoms with Crippen molar-refractivity contribution in [3.8, 4) is 11.4 Å². The van der Waals surface area contributed by atoms with Crippen molar-refractivity contribution in [2.75, 3.05) is 11.9 Å². The predicted molar refractivity (Wildman–Crippen MR) is 120 cm³/mol. The normalized spacial score (nSPS) is 14.9. The maximum atomic E-state index is 13.3. The molecule has 1 atom stereocenters. The molecule has 1 aliphatic rings. The fourth-order valence-electron chi connectivity index (χ4n) is 4.11. The molecule has 4 aromatic rings. The summed E-state index contributed by atoms with van der Waals surface area (Å²) in [6, 6.07) is 10.1. The molecule has 0 saturated heterocycles. The van der Waals surface area contributed by atoms with E-state index in [-0.39, 0.29) is 0 Å². The van der Waals surface area contributed by atoms with E-state index in [1.165, 1.54) is 18.4 Å². The summed E-state index contributed by atoms with van der Waals surface area (Å²) in [5, 5.41) is 19.1. The Labute approximate surface area is 184 Å². The fourth-order valence-corrected chi connectivity index (χ4v) is 4.11. The molecule has 3 N–H and O–H groups in total. The molecule has 1 aliphatic carbocycles. The van der Waals surface area contributed by atoms with E-state index in [2.05, 4.69) is 30.9 Å². The maximum Gasteiger partial charge on any atom is 0.257 e. The third kappa shape index (κ3) is 3.84. The number of alkyl halides is 2. The highest BCUT2D eigenvalue weighted by Gasteiger charge is 2.29. The van der Waals surface area contributed by atoms with Crippen LogP contribution in [0.5, 0.6) is 0 Å². The number of H-pyrrole nitrogens is 1. The van der Waals surface area contributed by atoms with Crippen LogP contribution in [-0.4, -0.2) is 37.9 Å². The van der Waals surface area contributed by atoms with Gasteiger partial charge in [0.25, 0.3) is 6.43 Å². The van der Waals surface area contributed by atoms with Crippen molar-refractivity contribution in [2.24, 2.45) is 7.05 Å². The van der Waals surface area contributed by atoms with Gasteiger partial charge in [-0.25, -0.2) is 13.5 Å². The van der Waals surface area contributed by atoms with Gasteiger partial charge in [0.2, 0.25) is 5.95 Å². The summed E-state index contributed by atoms with van der Waals surface area (Å²) in [5.41, 5.74) is 4.60. The zero-order chi connectivity index (χ0) is 22.2. The number of halogens is 2. The molecule has 2 heterocycles. The molecule has 1 fully saturated rings. The maximum absolute atomic E-state index is 13.3. The van der Waals surface area contributed by atoms with Crippen molar-refractivity contribution in [1.29, 1.82) is 0 Å².